The highest BCUT2D eigenvalue weighted by atomic mass is 28.4. The van der Waals surface area contributed by atoms with Gasteiger partial charge in [-0.3, -0.25) is 10.1 Å². The van der Waals surface area contributed by atoms with Gasteiger partial charge in [0.25, 0.3) is 8.32 Å². The molecule has 8 heteroatoms. The number of aliphatic hydroxyl groups excluding tert-OH is 1. The van der Waals surface area contributed by atoms with E-state index < -0.39 is 25.9 Å². The minimum Gasteiger partial charge on any atom is -0.543 e. The van der Waals surface area contributed by atoms with Crippen molar-refractivity contribution >= 4 is 18.8 Å². The minimum atomic E-state index is -2.13. The highest BCUT2D eigenvalue weighted by Crippen LogP contribution is 2.46. The molecule has 0 saturated carbocycles. The van der Waals surface area contributed by atoms with Gasteiger partial charge >= 0.3 is 0 Å². The maximum atomic E-state index is 11.1. The number of benzene rings is 1. The maximum Gasteiger partial charge on any atom is 0.250 e. The number of nitro groups is 1. The zero-order chi connectivity index (χ0) is 22.9. The smallest absolute Gasteiger partial charge is 0.250 e. The predicted octanol–water partition coefficient (Wildman–Crippen LogP) is 4.09. The lowest BCUT2D eigenvalue weighted by Crippen LogP contribution is -2.44. The molecule has 1 unspecified atom stereocenters. The van der Waals surface area contributed by atoms with E-state index in [1.54, 1.807) is 0 Å². The maximum absolute atomic E-state index is 11.1. The molecule has 0 radical (unpaired) electrons. The first-order valence-corrected chi connectivity index (χ1v) is 13.8. The van der Waals surface area contributed by atoms with E-state index in [0.717, 1.165) is 28.0 Å². The molecule has 0 aromatic heterocycles. The van der Waals surface area contributed by atoms with Crippen LogP contribution in [-0.2, 0) is 16.4 Å². The summed E-state index contributed by atoms with van der Waals surface area (Å²) in [5.74, 6) is 0.854. The van der Waals surface area contributed by atoms with Crippen LogP contribution in [0.25, 0.3) is 0 Å². The van der Waals surface area contributed by atoms with Gasteiger partial charge < -0.3 is 14.0 Å². The van der Waals surface area contributed by atoms with Crippen LogP contribution in [0, 0.1) is 24.0 Å². The highest BCUT2D eigenvalue weighted by Gasteiger charge is 2.41. The molecule has 0 aliphatic carbocycles. The molecule has 166 valence electrons. The summed E-state index contributed by atoms with van der Waals surface area (Å²) in [6.07, 6.45) is -1.18. The van der Waals surface area contributed by atoms with Crippen LogP contribution >= 0.6 is 0 Å². The second-order valence-electron chi connectivity index (χ2n) is 10.4. The number of rotatable bonds is 7. The molecule has 29 heavy (non-hydrogen) atoms. The first kappa shape index (κ1) is 25.8. The van der Waals surface area contributed by atoms with E-state index in [2.05, 4.69) is 54.6 Å². The van der Waals surface area contributed by atoms with Gasteiger partial charge in [0.15, 0.2) is 0 Å². The van der Waals surface area contributed by atoms with Crippen LogP contribution in [0.2, 0.25) is 18.1 Å². The number of nitrogens with zero attached hydrogens (tertiary/aromatic N) is 1. The zero-order valence-corrected chi connectivity index (χ0v) is 23.0. The molecule has 0 bridgehead atoms. The first-order valence-electron chi connectivity index (χ1n) is 10.1. The Kier molecular flexibility index (Phi) is 7.90. The van der Waals surface area contributed by atoms with Crippen LogP contribution in [0.4, 0.5) is 0 Å². The quantitative estimate of drug-likeness (QED) is 0.391. The fraction of sp³-hybridized carbons (Fsp3) is 0.714. The SMILES string of the molecule is Cc1c(C)c(C(O)C[N+](=O)[O-])c(CO[SiH3])c(C(C)(C)C)c1O[Si](C)(C)C(C)(C)C. The van der Waals surface area contributed by atoms with Crippen LogP contribution in [-0.4, -0.2) is 35.4 Å². The molecule has 0 heterocycles. The van der Waals surface area contributed by atoms with Crippen LogP contribution in [0.1, 0.15) is 75.5 Å². The lowest BCUT2D eigenvalue weighted by Gasteiger charge is -2.40. The molecule has 0 amide bonds. The van der Waals surface area contributed by atoms with Crippen LogP contribution < -0.4 is 4.43 Å². The molecular formula is C21H39NO5Si2. The molecule has 0 spiro atoms. The van der Waals surface area contributed by atoms with Crippen molar-refractivity contribution in [1.29, 1.82) is 0 Å². The van der Waals surface area contributed by atoms with Crippen molar-refractivity contribution in [1.82, 2.24) is 0 Å². The van der Waals surface area contributed by atoms with Crippen molar-refractivity contribution in [3.05, 3.63) is 37.9 Å². The Hall–Kier alpha value is -1.23. The van der Waals surface area contributed by atoms with Crippen molar-refractivity contribution in [2.24, 2.45) is 0 Å². The molecule has 6 nitrogen and oxygen atoms in total. The molecule has 1 atom stereocenters. The summed E-state index contributed by atoms with van der Waals surface area (Å²) in [5.41, 5.74) is 3.93. The Labute approximate surface area is 179 Å². The second-order valence-corrected chi connectivity index (χ2v) is 15.7. The van der Waals surface area contributed by atoms with Gasteiger partial charge in [-0.25, -0.2) is 0 Å². The number of hydrogen-bond donors (Lipinski definition) is 1. The van der Waals surface area contributed by atoms with Crippen molar-refractivity contribution in [3.8, 4) is 5.75 Å². The Morgan fingerprint density at radius 2 is 1.66 bits per heavy atom. The van der Waals surface area contributed by atoms with Crippen molar-refractivity contribution in [2.45, 2.75) is 91.6 Å². The zero-order valence-electron chi connectivity index (χ0n) is 20.0. The van der Waals surface area contributed by atoms with Gasteiger partial charge in [-0.2, -0.15) is 0 Å². The molecule has 1 rings (SSSR count). The summed E-state index contributed by atoms with van der Waals surface area (Å²) >= 11 is 0. The summed E-state index contributed by atoms with van der Waals surface area (Å²) < 4.78 is 12.4. The Morgan fingerprint density at radius 3 is 2.03 bits per heavy atom. The summed E-state index contributed by atoms with van der Waals surface area (Å²) in [6, 6.07) is 0. The average Bonchev–Trinajstić information content (AvgIpc) is 2.49. The fourth-order valence-corrected chi connectivity index (χ4v) is 4.73. The molecule has 1 N–H and O–H groups in total. The largest absolute Gasteiger partial charge is 0.543 e. The predicted molar refractivity (Wildman–Crippen MR) is 124 cm³/mol. The van der Waals surface area contributed by atoms with E-state index in [4.69, 9.17) is 8.85 Å². The number of hydrogen-bond acceptors (Lipinski definition) is 5. The molecule has 0 aliphatic heterocycles. The van der Waals surface area contributed by atoms with Gasteiger partial charge in [0, 0.05) is 10.5 Å². The molecular weight excluding hydrogens is 402 g/mol. The van der Waals surface area contributed by atoms with Crippen LogP contribution in [0.15, 0.2) is 0 Å². The van der Waals surface area contributed by atoms with Gasteiger partial charge in [-0.05, 0) is 59.6 Å². The summed E-state index contributed by atoms with van der Waals surface area (Å²) in [7, 11) is -1.60. The van der Waals surface area contributed by atoms with E-state index in [-0.39, 0.29) is 10.5 Å². The molecule has 0 aliphatic rings. The standard InChI is InChI=1S/C21H39NO5Si2/c1-13-14(2)19(27-29(9,10)21(6,7)8)18(20(3,4)5)15(12-26-28)17(13)16(23)11-22(24)25/h16,23H,11-12H2,1-10,28H3. The molecule has 1 aromatic carbocycles. The Morgan fingerprint density at radius 1 is 1.14 bits per heavy atom. The summed E-state index contributed by atoms with van der Waals surface area (Å²) in [4.78, 5) is 10.6. The van der Waals surface area contributed by atoms with Gasteiger partial charge in [0.05, 0.1) is 6.61 Å². The van der Waals surface area contributed by atoms with E-state index in [9.17, 15) is 15.2 Å². The Bertz CT molecular complexity index is 764. The highest BCUT2D eigenvalue weighted by molar-refractivity contribution is 6.74. The fourth-order valence-electron chi connectivity index (χ4n) is 3.36. The third kappa shape index (κ3) is 5.68. The average molecular weight is 442 g/mol. The van der Waals surface area contributed by atoms with Gasteiger partial charge in [0.2, 0.25) is 6.54 Å². The van der Waals surface area contributed by atoms with E-state index in [1.165, 1.54) is 0 Å². The van der Waals surface area contributed by atoms with Crippen molar-refractivity contribution < 1.29 is 18.9 Å². The van der Waals surface area contributed by atoms with Crippen LogP contribution in [0.5, 0.6) is 5.75 Å². The monoisotopic (exact) mass is 441 g/mol. The third-order valence-electron chi connectivity index (χ3n) is 6.02. The lowest BCUT2D eigenvalue weighted by molar-refractivity contribution is -0.491. The second kappa shape index (κ2) is 8.87. The summed E-state index contributed by atoms with van der Waals surface area (Å²) in [6.45, 7) is 21.1. The topological polar surface area (TPSA) is 81.8 Å². The number of aliphatic hydroxyl groups is 1. The summed E-state index contributed by atoms with van der Waals surface area (Å²) in [5, 5.41) is 21.9. The molecule has 1 aromatic rings. The van der Waals surface area contributed by atoms with Gasteiger partial charge in [-0.1, -0.05) is 41.5 Å². The van der Waals surface area contributed by atoms with Crippen molar-refractivity contribution in [2.75, 3.05) is 6.54 Å². The van der Waals surface area contributed by atoms with Gasteiger partial charge in [0.1, 0.15) is 22.3 Å². The molecule has 0 saturated heterocycles. The van der Waals surface area contributed by atoms with Crippen molar-refractivity contribution in [3.63, 3.8) is 0 Å². The van der Waals surface area contributed by atoms with E-state index in [1.807, 2.05) is 13.8 Å². The van der Waals surface area contributed by atoms with Gasteiger partial charge in [-0.15, -0.1) is 0 Å². The van der Waals surface area contributed by atoms with E-state index >= 15 is 0 Å². The van der Waals surface area contributed by atoms with Crippen LogP contribution in [0.3, 0.4) is 0 Å². The first-order chi connectivity index (χ1) is 13.0. The normalized spacial score (nSPS) is 14.2. The van der Waals surface area contributed by atoms with E-state index in [0.29, 0.717) is 22.7 Å². The minimum absolute atomic E-state index is 0.0284. The third-order valence-corrected chi connectivity index (χ3v) is 10.6. The Balaban J connectivity index is 3.94. The lowest BCUT2D eigenvalue weighted by atomic mass is 9.77. The molecule has 0 fully saturated rings.